The highest BCUT2D eigenvalue weighted by atomic mass is 16.5. The average molecular weight is 216 g/mol. The van der Waals surface area contributed by atoms with Crippen LogP contribution in [0.2, 0.25) is 0 Å². The third-order valence-corrected chi connectivity index (χ3v) is 3.68. The molecule has 0 bridgehead atoms. The lowest BCUT2D eigenvalue weighted by molar-refractivity contribution is -0.156. The van der Waals surface area contributed by atoms with Gasteiger partial charge in [0.05, 0.1) is 11.7 Å². The Morgan fingerprint density at radius 2 is 2.00 bits per heavy atom. The largest absolute Gasteiger partial charge is 0.390 e. The highest BCUT2D eigenvalue weighted by Gasteiger charge is 2.39. The van der Waals surface area contributed by atoms with Gasteiger partial charge in [-0.2, -0.15) is 0 Å². The Hall–Kier alpha value is -0.120. The Morgan fingerprint density at radius 1 is 1.40 bits per heavy atom. The molecule has 1 rings (SSSR count). The molecule has 0 radical (unpaired) electrons. The highest BCUT2D eigenvalue weighted by molar-refractivity contribution is 4.90. The van der Waals surface area contributed by atoms with Gasteiger partial charge in [-0.05, 0) is 12.3 Å². The Labute approximate surface area is 92.8 Å². The first-order valence-corrected chi connectivity index (χ1v) is 5.95. The van der Waals surface area contributed by atoms with E-state index in [2.05, 4.69) is 13.8 Å². The lowest BCUT2D eigenvalue weighted by atomic mass is 9.83. The minimum atomic E-state index is -0.360. The summed E-state index contributed by atoms with van der Waals surface area (Å²) in [4.78, 5) is 0. The molecule has 1 aliphatic heterocycles. The van der Waals surface area contributed by atoms with Crippen molar-refractivity contribution in [1.82, 2.24) is 0 Å². The third kappa shape index (κ3) is 3.16. The Kier molecular flexibility index (Phi) is 5.03. The van der Waals surface area contributed by atoms with Gasteiger partial charge < -0.3 is 14.6 Å². The van der Waals surface area contributed by atoms with Gasteiger partial charge in [-0.1, -0.05) is 20.3 Å². The van der Waals surface area contributed by atoms with Crippen molar-refractivity contribution in [2.75, 3.05) is 20.3 Å². The summed E-state index contributed by atoms with van der Waals surface area (Å²) in [7, 11) is 1.70. The van der Waals surface area contributed by atoms with Crippen LogP contribution in [0.3, 0.4) is 0 Å². The van der Waals surface area contributed by atoms with Crippen molar-refractivity contribution in [1.29, 1.82) is 0 Å². The second-order valence-electron chi connectivity index (χ2n) is 4.65. The van der Waals surface area contributed by atoms with Crippen LogP contribution in [0.15, 0.2) is 0 Å². The van der Waals surface area contributed by atoms with Crippen LogP contribution >= 0.6 is 0 Å². The van der Waals surface area contributed by atoms with Gasteiger partial charge in [-0.15, -0.1) is 0 Å². The Bertz CT molecular complexity index is 176. The van der Waals surface area contributed by atoms with Crippen LogP contribution in [0, 0.1) is 5.92 Å². The predicted molar refractivity (Wildman–Crippen MR) is 59.9 cm³/mol. The summed E-state index contributed by atoms with van der Waals surface area (Å²) in [5, 5.41) is 10.2. The van der Waals surface area contributed by atoms with Crippen molar-refractivity contribution >= 4 is 0 Å². The quantitative estimate of drug-likeness (QED) is 0.763. The number of methoxy groups -OCH3 is 1. The zero-order chi connectivity index (χ0) is 11.3. The van der Waals surface area contributed by atoms with Gasteiger partial charge in [-0.3, -0.25) is 0 Å². The highest BCUT2D eigenvalue weighted by Crippen LogP contribution is 2.31. The van der Waals surface area contributed by atoms with Crippen LogP contribution in [-0.2, 0) is 9.47 Å². The molecule has 2 atom stereocenters. The number of aliphatic hydroxyl groups excluding tert-OH is 1. The number of hydrogen-bond acceptors (Lipinski definition) is 3. The zero-order valence-corrected chi connectivity index (χ0v) is 10.2. The molecular weight excluding hydrogens is 192 g/mol. The fourth-order valence-corrected chi connectivity index (χ4v) is 2.15. The minimum Gasteiger partial charge on any atom is -0.390 e. The van der Waals surface area contributed by atoms with Crippen molar-refractivity contribution in [2.24, 2.45) is 5.92 Å². The van der Waals surface area contributed by atoms with Crippen LogP contribution in [0.4, 0.5) is 0 Å². The van der Waals surface area contributed by atoms with E-state index in [1.54, 1.807) is 7.11 Å². The van der Waals surface area contributed by atoms with Gasteiger partial charge in [0.2, 0.25) is 0 Å². The van der Waals surface area contributed by atoms with E-state index in [0.717, 1.165) is 25.7 Å². The lowest BCUT2D eigenvalue weighted by Gasteiger charge is -2.40. The maximum absolute atomic E-state index is 10.2. The molecule has 0 amide bonds. The van der Waals surface area contributed by atoms with E-state index < -0.39 is 0 Å². The number of rotatable bonds is 5. The van der Waals surface area contributed by atoms with Crippen molar-refractivity contribution < 1.29 is 14.6 Å². The fraction of sp³-hybridized carbons (Fsp3) is 1.00. The summed E-state index contributed by atoms with van der Waals surface area (Å²) in [5.74, 6) is 0.551. The minimum absolute atomic E-state index is 0.359. The summed E-state index contributed by atoms with van der Waals surface area (Å²) in [6.07, 6.45) is 3.18. The van der Waals surface area contributed by atoms with Crippen molar-refractivity contribution in [3.8, 4) is 0 Å². The lowest BCUT2D eigenvalue weighted by Crippen LogP contribution is -2.49. The van der Waals surface area contributed by atoms with E-state index in [0.29, 0.717) is 19.1 Å². The molecule has 0 aromatic carbocycles. The summed E-state index contributed by atoms with van der Waals surface area (Å²) < 4.78 is 10.9. The molecule has 1 aliphatic rings. The van der Waals surface area contributed by atoms with Gasteiger partial charge in [0.25, 0.3) is 0 Å². The molecule has 3 heteroatoms. The monoisotopic (exact) mass is 216 g/mol. The molecule has 1 heterocycles. The number of ether oxygens (including phenoxy) is 2. The Balaban J connectivity index is 2.55. The molecule has 1 saturated heterocycles. The first kappa shape index (κ1) is 12.9. The molecule has 0 aromatic rings. The van der Waals surface area contributed by atoms with Gasteiger partial charge in [-0.25, -0.2) is 0 Å². The first-order chi connectivity index (χ1) is 7.14. The van der Waals surface area contributed by atoms with Gasteiger partial charge >= 0.3 is 0 Å². The molecule has 15 heavy (non-hydrogen) atoms. The molecule has 0 saturated carbocycles. The molecule has 0 aromatic heterocycles. The molecule has 1 N–H and O–H groups in total. The Morgan fingerprint density at radius 3 is 2.47 bits per heavy atom. The summed E-state index contributed by atoms with van der Waals surface area (Å²) >= 11 is 0. The summed E-state index contributed by atoms with van der Waals surface area (Å²) in [6, 6.07) is 0. The predicted octanol–water partition coefficient (Wildman–Crippen LogP) is 1.98. The number of hydrogen-bond donors (Lipinski definition) is 1. The maximum atomic E-state index is 10.2. The summed E-state index contributed by atoms with van der Waals surface area (Å²) in [5.41, 5.74) is -0.359. The molecular formula is C12H24O3. The van der Waals surface area contributed by atoms with Gasteiger partial charge in [0.15, 0.2) is 0 Å². The maximum Gasteiger partial charge on any atom is 0.0980 e. The molecule has 0 aliphatic carbocycles. The van der Waals surface area contributed by atoms with E-state index in [1.807, 2.05) is 0 Å². The SMILES string of the molecule is CCC(C)CC(O)C1(OC)CCOCC1. The van der Waals surface area contributed by atoms with E-state index in [4.69, 9.17) is 9.47 Å². The van der Waals surface area contributed by atoms with Crippen molar-refractivity contribution in [3.05, 3.63) is 0 Å². The van der Waals surface area contributed by atoms with Crippen LogP contribution in [0.25, 0.3) is 0 Å². The summed E-state index contributed by atoms with van der Waals surface area (Å²) in [6.45, 7) is 5.73. The standard InChI is InChI=1S/C12H24O3/c1-4-10(2)9-11(13)12(14-3)5-7-15-8-6-12/h10-11,13H,4-9H2,1-3H3. The second kappa shape index (κ2) is 5.83. The fourth-order valence-electron chi connectivity index (χ4n) is 2.15. The molecule has 3 nitrogen and oxygen atoms in total. The first-order valence-electron chi connectivity index (χ1n) is 5.95. The van der Waals surface area contributed by atoms with Crippen LogP contribution < -0.4 is 0 Å². The van der Waals surface area contributed by atoms with Crippen molar-refractivity contribution in [3.63, 3.8) is 0 Å². The van der Waals surface area contributed by atoms with E-state index >= 15 is 0 Å². The van der Waals surface area contributed by atoms with E-state index in [1.165, 1.54) is 0 Å². The molecule has 0 spiro atoms. The smallest absolute Gasteiger partial charge is 0.0980 e. The molecule has 90 valence electrons. The normalized spacial score (nSPS) is 24.8. The third-order valence-electron chi connectivity index (χ3n) is 3.68. The molecule has 2 unspecified atom stereocenters. The number of aliphatic hydroxyl groups is 1. The van der Waals surface area contributed by atoms with Crippen LogP contribution in [0.5, 0.6) is 0 Å². The van der Waals surface area contributed by atoms with Crippen molar-refractivity contribution in [2.45, 2.75) is 51.2 Å². The van der Waals surface area contributed by atoms with E-state index in [-0.39, 0.29) is 11.7 Å². The molecule has 1 fully saturated rings. The topological polar surface area (TPSA) is 38.7 Å². The van der Waals surface area contributed by atoms with Gasteiger partial charge in [0, 0.05) is 33.2 Å². The van der Waals surface area contributed by atoms with Gasteiger partial charge in [0.1, 0.15) is 0 Å². The van der Waals surface area contributed by atoms with Crippen LogP contribution in [0.1, 0.15) is 39.5 Å². The van der Waals surface area contributed by atoms with E-state index in [9.17, 15) is 5.11 Å². The zero-order valence-electron chi connectivity index (χ0n) is 10.2. The average Bonchev–Trinajstić information content (AvgIpc) is 2.29. The second-order valence-corrected chi connectivity index (χ2v) is 4.65. The van der Waals surface area contributed by atoms with Crippen LogP contribution in [-0.4, -0.2) is 37.1 Å².